The van der Waals surface area contributed by atoms with E-state index in [9.17, 15) is 19.8 Å². The van der Waals surface area contributed by atoms with Crippen molar-refractivity contribution in [2.75, 3.05) is 0 Å². The molecule has 0 bridgehead atoms. The van der Waals surface area contributed by atoms with E-state index in [0.29, 0.717) is 5.57 Å². The van der Waals surface area contributed by atoms with Gasteiger partial charge in [-0.3, -0.25) is 4.79 Å². The first-order valence-electron chi connectivity index (χ1n) is 4.75. The number of rotatable bonds is 3. The lowest BCUT2D eigenvalue weighted by Crippen LogP contribution is -2.44. The molecule has 17 heavy (non-hydrogen) atoms. The Morgan fingerprint density at radius 2 is 2.18 bits per heavy atom. The number of aliphatic carboxylic acids is 1. The molecular formula is C11H12O6. The fraction of sp³-hybridized carbons (Fsp3) is 0.273. The predicted octanol–water partition coefficient (Wildman–Crippen LogP) is -0.264. The van der Waals surface area contributed by atoms with Crippen molar-refractivity contribution in [3.63, 3.8) is 0 Å². The van der Waals surface area contributed by atoms with Crippen LogP contribution >= 0.6 is 0 Å². The zero-order valence-corrected chi connectivity index (χ0v) is 9.03. The van der Waals surface area contributed by atoms with Crippen molar-refractivity contribution in [2.45, 2.75) is 18.8 Å². The molecule has 1 aliphatic carbocycles. The van der Waals surface area contributed by atoms with Gasteiger partial charge < -0.3 is 20.1 Å². The van der Waals surface area contributed by atoms with Crippen molar-refractivity contribution in [3.8, 4) is 0 Å². The number of hydrogen-bond acceptors (Lipinski definition) is 5. The van der Waals surface area contributed by atoms with Gasteiger partial charge in [-0.1, -0.05) is 6.08 Å². The van der Waals surface area contributed by atoms with Gasteiger partial charge in [0.15, 0.2) is 0 Å². The van der Waals surface area contributed by atoms with Crippen LogP contribution in [0.5, 0.6) is 0 Å². The van der Waals surface area contributed by atoms with Crippen LogP contribution in [0.25, 0.3) is 0 Å². The second-order valence-electron chi connectivity index (χ2n) is 3.46. The minimum Gasteiger partial charge on any atom is -0.478 e. The summed E-state index contributed by atoms with van der Waals surface area (Å²) in [6.07, 6.45) is 4.29. The van der Waals surface area contributed by atoms with Crippen molar-refractivity contribution in [3.05, 3.63) is 36.0 Å². The molecule has 1 aliphatic rings. The van der Waals surface area contributed by atoms with E-state index in [1.54, 1.807) is 0 Å². The fourth-order valence-electron chi connectivity index (χ4n) is 1.27. The van der Waals surface area contributed by atoms with Crippen LogP contribution in [0.1, 0.15) is 6.92 Å². The van der Waals surface area contributed by atoms with E-state index in [1.165, 1.54) is 18.2 Å². The molecule has 2 unspecified atom stereocenters. The van der Waals surface area contributed by atoms with Gasteiger partial charge >= 0.3 is 11.9 Å². The number of ether oxygens (including phenoxy) is 1. The highest BCUT2D eigenvalue weighted by atomic mass is 16.7. The molecule has 3 N–H and O–H groups in total. The van der Waals surface area contributed by atoms with Gasteiger partial charge in [0.1, 0.15) is 6.10 Å². The zero-order valence-electron chi connectivity index (χ0n) is 9.03. The zero-order chi connectivity index (χ0) is 13.1. The normalized spacial score (nSPS) is 27.9. The number of carboxylic acids is 1. The molecule has 0 spiro atoms. The van der Waals surface area contributed by atoms with Crippen molar-refractivity contribution in [1.82, 2.24) is 0 Å². The summed E-state index contributed by atoms with van der Waals surface area (Å²) in [5.41, 5.74) is 0.386. The average molecular weight is 240 g/mol. The molecule has 6 heteroatoms. The smallest absolute Gasteiger partial charge is 0.328 e. The number of allylic oxidation sites excluding steroid dienone is 3. The monoisotopic (exact) mass is 240 g/mol. The number of hydrogen-bond donors (Lipinski definition) is 3. The van der Waals surface area contributed by atoms with E-state index in [1.807, 2.05) is 0 Å². The molecule has 0 heterocycles. The number of carbonyl (C=O) groups is 2. The predicted molar refractivity (Wildman–Crippen MR) is 56.7 cm³/mol. The highest BCUT2D eigenvalue weighted by molar-refractivity contribution is 5.80. The Hall–Kier alpha value is -1.92. The maximum Gasteiger partial charge on any atom is 0.328 e. The summed E-state index contributed by atoms with van der Waals surface area (Å²) >= 11 is 0. The molecule has 92 valence electrons. The van der Waals surface area contributed by atoms with Crippen molar-refractivity contribution in [2.24, 2.45) is 0 Å². The Bertz CT molecular complexity index is 420. The van der Waals surface area contributed by atoms with Gasteiger partial charge in [-0.25, -0.2) is 4.79 Å². The SMILES string of the molecule is CC(=O)OC1(O)C=CC(C=CC(=O)O)=CC1O. The highest BCUT2D eigenvalue weighted by Gasteiger charge is 2.37. The second kappa shape index (κ2) is 4.94. The van der Waals surface area contributed by atoms with Gasteiger partial charge in [0, 0.05) is 13.0 Å². The van der Waals surface area contributed by atoms with E-state index in [4.69, 9.17) is 5.11 Å². The lowest BCUT2D eigenvalue weighted by Gasteiger charge is -2.29. The first-order valence-corrected chi connectivity index (χ1v) is 4.75. The third kappa shape index (κ3) is 3.54. The molecule has 0 aromatic rings. The minimum atomic E-state index is -2.10. The quantitative estimate of drug-likeness (QED) is 0.356. The van der Waals surface area contributed by atoms with Crippen LogP contribution in [0.15, 0.2) is 36.0 Å². The van der Waals surface area contributed by atoms with Gasteiger partial charge in [-0.2, -0.15) is 0 Å². The molecular weight excluding hydrogens is 228 g/mol. The second-order valence-corrected chi connectivity index (χ2v) is 3.46. The Labute approximate surface area is 97.1 Å². The van der Waals surface area contributed by atoms with E-state index >= 15 is 0 Å². The highest BCUT2D eigenvalue weighted by Crippen LogP contribution is 2.23. The molecule has 1 rings (SSSR count). The van der Waals surface area contributed by atoms with Gasteiger partial charge in [0.25, 0.3) is 5.79 Å². The summed E-state index contributed by atoms with van der Waals surface area (Å²) in [6.45, 7) is 1.10. The standard InChI is InChI=1S/C11H12O6/c1-7(12)17-11(16)5-4-8(6-9(11)13)2-3-10(14)15/h2-6,9,13,16H,1H3,(H,14,15). The molecule has 0 amide bonds. The van der Waals surface area contributed by atoms with Gasteiger partial charge in [-0.15, -0.1) is 0 Å². The fourth-order valence-corrected chi connectivity index (χ4v) is 1.27. The number of aliphatic hydroxyl groups excluding tert-OH is 1. The number of esters is 1. The Morgan fingerprint density at radius 1 is 1.53 bits per heavy atom. The van der Waals surface area contributed by atoms with E-state index in [2.05, 4.69) is 4.74 Å². The summed E-state index contributed by atoms with van der Waals surface area (Å²) in [7, 11) is 0. The van der Waals surface area contributed by atoms with Crippen LogP contribution in [0.2, 0.25) is 0 Å². The molecule has 0 aromatic heterocycles. The van der Waals surface area contributed by atoms with E-state index in [0.717, 1.165) is 19.1 Å². The van der Waals surface area contributed by atoms with Crippen LogP contribution in [0, 0.1) is 0 Å². The van der Waals surface area contributed by atoms with E-state index in [-0.39, 0.29) is 0 Å². The largest absolute Gasteiger partial charge is 0.478 e. The number of carbonyl (C=O) groups excluding carboxylic acids is 1. The average Bonchev–Trinajstić information content (AvgIpc) is 2.19. The summed E-state index contributed by atoms with van der Waals surface area (Å²) in [4.78, 5) is 21.0. The molecule has 0 aromatic carbocycles. The Balaban J connectivity index is 2.82. The topological polar surface area (TPSA) is 104 Å². The van der Waals surface area contributed by atoms with Crippen LogP contribution in [0.3, 0.4) is 0 Å². The summed E-state index contributed by atoms with van der Waals surface area (Å²) in [6, 6.07) is 0. The van der Waals surface area contributed by atoms with Gasteiger partial charge in [-0.05, 0) is 23.8 Å². The third-order valence-corrected chi connectivity index (χ3v) is 2.01. The first-order chi connectivity index (χ1) is 7.83. The molecule has 0 aliphatic heterocycles. The van der Waals surface area contributed by atoms with Gasteiger partial charge in [0.05, 0.1) is 0 Å². The summed E-state index contributed by atoms with van der Waals surface area (Å²) in [5, 5.41) is 27.7. The van der Waals surface area contributed by atoms with Crippen molar-refractivity contribution in [1.29, 1.82) is 0 Å². The Kier molecular flexibility index (Phi) is 3.82. The first kappa shape index (κ1) is 13.1. The molecule has 0 radical (unpaired) electrons. The Morgan fingerprint density at radius 3 is 2.65 bits per heavy atom. The van der Waals surface area contributed by atoms with Crippen molar-refractivity contribution >= 4 is 11.9 Å². The van der Waals surface area contributed by atoms with Crippen molar-refractivity contribution < 1.29 is 29.6 Å². The summed E-state index contributed by atoms with van der Waals surface area (Å²) < 4.78 is 4.56. The summed E-state index contributed by atoms with van der Waals surface area (Å²) in [5.74, 6) is -3.98. The maximum atomic E-state index is 10.7. The molecule has 0 fully saturated rings. The third-order valence-electron chi connectivity index (χ3n) is 2.01. The molecule has 6 nitrogen and oxygen atoms in total. The van der Waals surface area contributed by atoms with Gasteiger partial charge in [0.2, 0.25) is 0 Å². The molecule has 2 atom stereocenters. The van der Waals surface area contributed by atoms with Crippen LogP contribution < -0.4 is 0 Å². The molecule has 0 saturated heterocycles. The number of aliphatic hydroxyl groups is 2. The number of carboxylic acid groups (broad SMARTS) is 1. The lowest BCUT2D eigenvalue weighted by atomic mass is 9.99. The minimum absolute atomic E-state index is 0.386. The maximum absolute atomic E-state index is 10.7. The van der Waals surface area contributed by atoms with Crippen LogP contribution in [0.4, 0.5) is 0 Å². The van der Waals surface area contributed by atoms with E-state index < -0.39 is 23.8 Å². The van der Waals surface area contributed by atoms with Crippen LogP contribution in [-0.2, 0) is 14.3 Å². The lowest BCUT2D eigenvalue weighted by molar-refractivity contribution is -0.212. The molecule has 0 saturated carbocycles. The van der Waals surface area contributed by atoms with Crippen LogP contribution in [-0.4, -0.2) is 39.1 Å².